The van der Waals surface area contributed by atoms with Crippen LogP contribution in [0.1, 0.15) is 48.2 Å². The van der Waals surface area contributed by atoms with Crippen molar-refractivity contribution in [3.63, 3.8) is 0 Å². The standard InChI is InChI=1S/C21H23ClN2O2/c1-13-4-5-14(19(25)23-17-10-11-17)12-18(13)24-20(26)21(2,3)15-6-8-16(22)9-7-15/h4-9,12,17H,10-11H2,1-3H3,(H,23,25)(H,24,26). The molecule has 1 aliphatic carbocycles. The summed E-state index contributed by atoms with van der Waals surface area (Å²) in [5.74, 6) is -0.234. The first-order valence-corrected chi connectivity index (χ1v) is 9.14. The topological polar surface area (TPSA) is 58.2 Å². The molecule has 0 spiro atoms. The minimum absolute atomic E-state index is 0.0973. The Morgan fingerprint density at radius 2 is 1.73 bits per heavy atom. The average Bonchev–Trinajstić information content (AvgIpc) is 3.41. The monoisotopic (exact) mass is 370 g/mol. The number of hydrogen-bond acceptors (Lipinski definition) is 2. The lowest BCUT2D eigenvalue weighted by atomic mass is 9.83. The minimum Gasteiger partial charge on any atom is -0.349 e. The van der Waals surface area contributed by atoms with E-state index in [9.17, 15) is 9.59 Å². The van der Waals surface area contributed by atoms with E-state index in [1.54, 1.807) is 24.3 Å². The van der Waals surface area contributed by atoms with Crippen LogP contribution in [-0.2, 0) is 10.2 Å². The smallest absolute Gasteiger partial charge is 0.251 e. The van der Waals surface area contributed by atoms with Gasteiger partial charge in [0.1, 0.15) is 0 Å². The molecule has 0 bridgehead atoms. The van der Waals surface area contributed by atoms with E-state index in [-0.39, 0.29) is 11.8 Å². The molecule has 0 saturated heterocycles. The van der Waals surface area contributed by atoms with Gasteiger partial charge >= 0.3 is 0 Å². The van der Waals surface area contributed by atoms with E-state index < -0.39 is 5.41 Å². The van der Waals surface area contributed by atoms with E-state index in [0.717, 1.165) is 24.0 Å². The molecule has 2 aromatic carbocycles. The number of benzene rings is 2. The first-order chi connectivity index (χ1) is 12.3. The van der Waals surface area contributed by atoms with Crippen LogP contribution in [0.4, 0.5) is 5.69 Å². The molecule has 0 unspecified atom stereocenters. The number of nitrogens with one attached hydrogen (secondary N) is 2. The van der Waals surface area contributed by atoms with Gasteiger partial charge < -0.3 is 10.6 Å². The van der Waals surface area contributed by atoms with Gasteiger partial charge in [-0.3, -0.25) is 9.59 Å². The molecular weight excluding hydrogens is 348 g/mol. The van der Waals surface area contributed by atoms with Crippen molar-refractivity contribution in [2.75, 3.05) is 5.32 Å². The van der Waals surface area contributed by atoms with Gasteiger partial charge in [-0.2, -0.15) is 0 Å². The summed E-state index contributed by atoms with van der Waals surface area (Å²) in [7, 11) is 0. The third kappa shape index (κ3) is 4.07. The summed E-state index contributed by atoms with van der Waals surface area (Å²) in [4.78, 5) is 25.2. The maximum atomic E-state index is 12.9. The van der Waals surface area contributed by atoms with Crippen LogP contribution in [0.5, 0.6) is 0 Å². The summed E-state index contributed by atoms with van der Waals surface area (Å²) in [6, 6.07) is 12.9. The van der Waals surface area contributed by atoms with Crippen LogP contribution in [0.15, 0.2) is 42.5 Å². The van der Waals surface area contributed by atoms with E-state index in [0.29, 0.717) is 22.3 Å². The van der Waals surface area contributed by atoms with Crippen molar-refractivity contribution in [3.8, 4) is 0 Å². The van der Waals surface area contributed by atoms with E-state index in [1.807, 2.05) is 39.0 Å². The maximum Gasteiger partial charge on any atom is 0.251 e. The van der Waals surface area contributed by atoms with Gasteiger partial charge in [0.05, 0.1) is 5.41 Å². The lowest BCUT2D eigenvalue weighted by Gasteiger charge is -2.25. The quantitative estimate of drug-likeness (QED) is 0.816. The van der Waals surface area contributed by atoms with Gasteiger partial charge in [0.25, 0.3) is 5.91 Å². The van der Waals surface area contributed by atoms with E-state index in [4.69, 9.17) is 11.6 Å². The zero-order valence-electron chi connectivity index (χ0n) is 15.2. The second-order valence-electron chi connectivity index (χ2n) is 7.36. The Kier molecular flexibility index (Phi) is 5.05. The number of hydrogen-bond donors (Lipinski definition) is 2. The zero-order valence-corrected chi connectivity index (χ0v) is 16.0. The third-order valence-corrected chi connectivity index (χ3v) is 5.05. The maximum absolute atomic E-state index is 12.9. The van der Waals surface area contributed by atoms with Crippen molar-refractivity contribution in [1.82, 2.24) is 5.32 Å². The Morgan fingerprint density at radius 3 is 2.35 bits per heavy atom. The van der Waals surface area contributed by atoms with E-state index >= 15 is 0 Å². The lowest BCUT2D eigenvalue weighted by molar-refractivity contribution is -0.120. The Morgan fingerprint density at radius 1 is 1.08 bits per heavy atom. The highest BCUT2D eigenvalue weighted by molar-refractivity contribution is 6.30. The highest BCUT2D eigenvalue weighted by atomic mass is 35.5. The number of rotatable bonds is 5. The molecule has 5 heteroatoms. The summed E-state index contributed by atoms with van der Waals surface area (Å²) < 4.78 is 0. The predicted octanol–water partition coefficient (Wildman–Crippen LogP) is 4.46. The first-order valence-electron chi connectivity index (χ1n) is 8.76. The molecule has 1 saturated carbocycles. The molecule has 0 aromatic heterocycles. The number of amides is 2. The van der Waals surface area contributed by atoms with Crippen molar-refractivity contribution in [2.45, 2.75) is 45.1 Å². The van der Waals surface area contributed by atoms with Gasteiger partial charge in [-0.15, -0.1) is 0 Å². The van der Waals surface area contributed by atoms with Crippen LogP contribution >= 0.6 is 11.6 Å². The largest absolute Gasteiger partial charge is 0.349 e. The van der Waals surface area contributed by atoms with Gasteiger partial charge in [-0.25, -0.2) is 0 Å². The van der Waals surface area contributed by atoms with Crippen LogP contribution in [-0.4, -0.2) is 17.9 Å². The fraction of sp³-hybridized carbons (Fsp3) is 0.333. The van der Waals surface area contributed by atoms with Crippen LogP contribution < -0.4 is 10.6 Å². The molecule has 136 valence electrons. The fourth-order valence-electron chi connectivity index (χ4n) is 2.67. The molecule has 2 aromatic rings. The first kappa shape index (κ1) is 18.5. The van der Waals surface area contributed by atoms with Gasteiger partial charge in [-0.05, 0) is 69.0 Å². The number of carbonyl (C=O) groups is 2. The highest BCUT2D eigenvalue weighted by Crippen LogP contribution is 2.28. The van der Waals surface area contributed by atoms with Crippen LogP contribution in [0.3, 0.4) is 0 Å². The Labute approximate surface area is 158 Å². The fourth-order valence-corrected chi connectivity index (χ4v) is 2.80. The van der Waals surface area contributed by atoms with Crippen molar-refractivity contribution in [2.24, 2.45) is 0 Å². The molecule has 2 N–H and O–H groups in total. The second kappa shape index (κ2) is 7.12. The van der Waals surface area contributed by atoms with E-state index in [2.05, 4.69) is 10.6 Å². The zero-order chi connectivity index (χ0) is 18.9. The third-order valence-electron chi connectivity index (χ3n) is 4.79. The molecule has 3 rings (SSSR count). The molecule has 0 heterocycles. The number of anilines is 1. The summed E-state index contributed by atoms with van der Waals surface area (Å²) in [5.41, 5.74) is 2.26. The van der Waals surface area contributed by atoms with Gasteiger partial charge in [-0.1, -0.05) is 29.8 Å². The molecule has 4 nitrogen and oxygen atoms in total. The normalized spacial score (nSPS) is 14.0. The molecule has 2 amide bonds. The van der Waals surface area contributed by atoms with Crippen molar-refractivity contribution >= 4 is 29.1 Å². The predicted molar refractivity (Wildman–Crippen MR) is 105 cm³/mol. The highest BCUT2D eigenvalue weighted by Gasteiger charge is 2.30. The molecule has 1 aliphatic rings. The molecule has 1 fully saturated rings. The van der Waals surface area contributed by atoms with Crippen molar-refractivity contribution < 1.29 is 9.59 Å². The van der Waals surface area contributed by atoms with Crippen LogP contribution in [0.2, 0.25) is 5.02 Å². The Bertz CT molecular complexity index is 840. The average molecular weight is 371 g/mol. The summed E-state index contributed by atoms with van der Waals surface area (Å²) in [6.45, 7) is 5.64. The Hall–Kier alpha value is -2.33. The molecule has 26 heavy (non-hydrogen) atoms. The molecule has 0 atom stereocenters. The molecule has 0 radical (unpaired) electrons. The van der Waals surface area contributed by atoms with Gasteiger partial charge in [0.2, 0.25) is 5.91 Å². The van der Waals surface area contributed by atoms with Crippen molar-refractivity contribution in [1.29, 1.82) is 0 Å². The molecule has 0 aliphatic heterocycles. The summed E-state index contributed by atoms with van der Waals surface area (Å²) >= 11 is 5.94. The lowest BCUT2D eigenvalue weighted by Crippen LogP contribution is -2.35. The summed E-state index contributed by atoms with van der Waals surface area (Å²) in [5, 5.41) is 6.58. The number of aryl methyl sites for hydroxylation is 1. The van der Waals surface area contributed by atoms with Gasteiger partial charge in [0, 0.05) is 22.3 Å². The number of halogens is 1. The SMILES string of the molecule is Cc1ccc(C(=O)NC2CC2)cc1NC(=O)C(C)(C)c1ccc(Cl)cc1. The van der Waals surface area contributed by atoms with Crippen molar-refractivity contribution in [3.05, 3.63) is 64.2 Å². The van der Waals surface area contributed by atoms with Crippen LogP contribution in [0.25, 0.3) is 0 Å². The minimum atomic E-state index is -0.733. The van der Waals surface area contributed by atoms with Gasteiger partial charge in [0.15, 0.2) is 0 Å². The van der Waals surface area contributed by atoms with E-state index in [1.165, 1.54) is 0 Å². The van der Waals surface area contributed by atoms with Crippen LogP contribution in [0, 0.1) is 6.92 Å². The Balaban J connectivity index is 1.79. The number of carbonyl (C=O) groups excluding carboxylic acids is 2. The molecular formula is C21H23ClN2O2. The summed E-state index contributed by atoms with van der Waals surface area (Å²) in [6.07, 6.45) is 2.08. The second-order valence-corrected chi connectivity index (χ2v) is 7.80.